The standard InChI is InChI=1S/C7H7BrO2S/c8-6(4-10-5-9)7-2-1-3-11-7/h1-3,5-6H,4H2. The van der Waals surface area contributed by atoms with E-state index in [2.05, 4.69) is 20.7 Å². The molecule has 0 N–H and O–H groups in total. The SMILES string of the molecule is O=COCC(Br)c1cccs1. The normalized spacial score (nSPS) is 12.5. The number of alkyl halides is 1. The first-order valence-corrected chi connectivity index (χ1v) is 4.87. The fourth-order valence-corrected chi connectivity index (χ4v) is 1.99. The van der Waals surface area contributed by atoms with Gasteiger partial charge in [0.1, 0.15) is 6.61 Å². The molecule has 1 aromatic heterocycles. The molecule has 0 saturated heterocycles. The predicted octanol–water partition coefficient (Wildman–Crippen LogP) is 2.36. The second-order valence-corrected chi connectivity index (χ2v) is 4.00. The summed E-state index contributed by atoms with van der Waals surface area (Å²) in [6.07, 6.45) is 0. The number of hydrogen-bond acceptors (Lipinski definition) is 3. The average Bonchev–Trinajstić information content (AvgIpc) is 2.52. The van der Waals surface area contributed by atoms with Gasteiger partial charge in [-0.3, -0.25) is 4.79 Å². The number of hydrogen-bond donors (Lipinski definition) is 0. The molecule has 0 spiro atoms. The topological polar surface area (TPSA) is 26.3 Å². The van der Waals surface area contributed by atoms with Crippen molar-refractivity contribution < 1.29 is 9.53 Å². The summed E-state index contributed by atoms with van der Waals surface area (Å²) in [7, 11) is 0. The third-order valence-electron chi connectivity index (χ3n) is 1.16. The Balaban J connectivity index is 2.42. The first-order valence-electron chi connectivity index (χ1n) is 3.07. The van der Waals surface area contributed by atoms with Gasteiger partial charge in [0.05, 0.1) is 4.83 Å². The first-order chi connectivity index (χ1) is 5.34. The highest BCUT2D eigenvalue weighted by Crippen LogP contribution is 2.26. The van der Waals surface area contributed by atoms with Gasteiger partial charge < -0.3 is 4.74 Å². The summed E-state index contributed by atoms with van der Waals surface area (Å²) in [5.74, 6) is 0. The van der Waals surface area contributed by atoms with Gasteiger partial charge >= 0.3 is 0 Å². The third-order valence-corrected chi connectivity index (χ3v) is 3.21. The van der Waals surface area contributed by atoms with Gasteiger partial charge in [0.25, 0.3) is 6.47 Å². The maximum atomic E-state index is 9.84. The summed E-state index contributed by atoms with van der Waals surface area (Å²) in [6.45, 7) is 0.853. The fourth-order valence-electron chi connectivity index (χ4n) is 0.675. The summed E-state index contributed by atoms with van der Waals surface area (Å²) < 4.78 is 4.60. The van der Waals surface area contributed by atoms with Crippen LogP contribution in [0.1, 0.15) is 9.70 Å². The van der Waals surface area contributed by atoms with Crippen LogP contribution in [0.25, 0.3) is 0 Å². The molecule has 0 radical (unpaired) electrons. The van der Waals surface area contributed by atoms with E-state index in [0.29, 0.717) is 13.1 Å². The van der Waals surface area contributed by atoms with Crippen LogP contribution in [0.3, 0.4) is 0 Å². The van der Waals surface area contributed by atoms with E-state index >= 15 is 0 Å². The monoisotopic (exact) mass is 234 g/mol. The van der Waals surface area contributed by atoms with E-state index < -0.39 is 0 Å². The van der Waals surface area contributed by atoms with Crippen molar-refractivity contribution in [2.45, 2.75) is 4.83 Å². The molecular weight excluding hydrogens is 228 g/mol. The molecule has 11 heavy (non-hydrogen) atoms. The van der Waals surface area contributed by atoms with Gasteiger partial charge in [-0.05, 0) is 11.4 Å². The zero-order valence-corrected chi connectivity index (χ0v) is 8.10. The van der Waals surface area contributed by atoms with Crippen molar-refractivity contribution in [3.8, 4) is 0 Å². The number of ether oxygens (including phenoxy) is 1. The number of thiophene rings is 1. The van der Waals surface area contributed by atoms with E-state index in [1.807, 2.05) is 17.5 Å². The molecule has 1 aromatic rings. The van der Waals surface area contributed by atoms with Crippen LogP contribution >= 0.6 is 27.3 Å². The lowest BCUT2D eigenvalue weighted by Gasteiger charge is -2.03. The molecule has 0 aromatic carbocycles. The molecule has 60 valence electrons. The molecule has 0 fully saturated rings. The Kier molecular flexibility index (Phi) is 3.59. The second kappa shape index (κ2) is 4.51. The van der Waals surface area contributed by atoms with Gasteiger partial charge in [0.15, 0.2) is 0 Å². The first kappa shape index (κ1) is 8.74. The molecule has 1 heterocycles. The van der Waals surface area contributed by atoms with E-state index in [1.54, 1.807) is 11.3 Å². The number of rotatable bonds is 4. The predicted molar refractivity (Wildman–Crippen MR) is 48.0 cm³/mol. The zero-order chi connectivity index (χ0) is 8.10. The Hall–Kier alpha value is -0.350. The third kappa shape index (κ3) is 2.63. The lowest BCUT2D eigenvalue weighted by atomic mass is 10.4. The zero-order valence-electron chi connectivity index (χ0n) is 5.70. The second-order valence-electron chi connectivity index (χ2n) is 1.91. The van der Waals surface area contributed by atoms with Crippen molar-refractivity contribution in [3.63, 3.8) is 0 Å². The molecule has 2 nitrogen and oxygen atoms in total. The molecule has 0 aliphatic carbocycles. The van der Waals surface area contributed by atoms with Gasteiger partial charge in [-0.1, -0.05) is 22.0 Å². The molecule has 0 bridgehead atoms. The highest BCUT2D eigenvalue weighted by molar-refractivity contribution is 9.09. The van der Waals surface area contributed by atoms with Crippen molar-refractivity contribution in [2.24, 2.45) is 0 Å². The van der Waals surface area contributed by atoms with Crippen LogP contribution in [-0.2, 0) is 9.53 Å². The number of halogens is 1. The highest BCUT2D eigenvalue weighted by Gasteiger charge is 2.07. The molecule has 0 amide bonds. The van der Waals surface area contributed by atoms with Gasteiger partial charge in [-0.25, -0.2) is 0 Å². The van der Waals surface area contributed by atoms with Gasteiger partial charge in [0, 0.05) is 4.88 Å². The summed E-state index contributed by atoms with van der Waals surface area (Å²) in [5.41, 5.74) is 0. The Morgan fingerprint density at radius 1 is 1.82 bits per heavy atom. The molecular formula is C7H7BrO2S. The van der Waals surface area contributed by atoms with Crippen LogP contribution < -0.4 is 0 Å². The summed E-state index contributed by atoms with van der Waals surface area (Å²) in [6, 6.07) is 3.97. The molecule has 4 heteroatoms. The smallest absolute Gasteiger partial charge is 0.293 e. The minimum Gasteiger partial charge on any atom is -0.466 e. The van der Waals surface area contributed by atoms with Crippen LogP contribution in [0.4, 0.5) is 0 Å². The van der Waals surface area contributed by atoms with Gasteiger partial charge in [-0.15, -0.1) is 11.3 Å². The quantitative estimate of drug-likeness (QED) is 0.591. The molecule has 1 atom stereocenters. The maximum Gasteiger partial charge on any atom is 0.293 e. The van der Waals surface area contributed by atoms with E-state index in [0.717, 1.165) is 0 Å². The van der Waals surface area contributed by atoms with Crippen LogP contribution in [-0.4, -0.2) is 13.1 Å². The molecule has 0 saturated carbocycles. The lowest BCUT2D eigenvalue weighted by molar-refractivity contribution is -0.128. The van der Waals surface area contributed by atoms with Crippen LogP contribution in [0.15, 0.2) is 17.5 Å². The fraction of sp³-hybridized carbons (Fsp3) is 0.286. The van der Waals surface area contributed by atoms with Crippen molar-refractivity contribution in [1.29, 1.82) is 0 Å². The molecule has 0 aliphatic rings. The molecule has 1 rings (SSSR count). The Bertz CT molecular complexity index is 210. The number of carbonyl (C=O) groups excluding carboxylic acids is 1. The van der Waals surface area contributed by atoms with E-state index in [4.69, 9.17) is 0 Å². The van der Waals surface area contributed by atoms with Gasteiger partial charge in [-0.2, -0.15) is 0 Å². The lowest BCUT2D eigenvalue weighted by Crippen LogP contribution is -1.97. The van der Waals surface area contributed by atoms with Crippen molar-refractivity contribution >= 4 is 33.7 Å². The van der Waals surface area contributed by atoms with Crippen LogP contribution in [0.2, 0.25) is 0 Å². The Morgan fingerprint density at radius 3 is 3.18 bits per heavy atom. The van der Waals surface area contributed by atoms with Crippen molar-refractivity contribution in [2.75, 3.05) is 6.61 Å². The molecule has 0 aliphatic heterocycles. The van der Waals surface area contributed by atoms with Gasteiger partial charge in [0.2, 0.25) is 0 Å². The highest BCUT2D eigenvalue weighted by atomic mass is 79.9. The average molecular weight is 235 g/mol. The maximum absolute atomic E-state index is 9.84. The minimum atomic E-state index is 0.132. The van der Waals surface area contributed by atoms with E-state index in [9.17, 15) is 4.79 Å². The summed E-state index contributed by atoms with van der Waals surface area (Å²) in [5, 5.41) is 1.99. The molecule has 1 unspecified atom stereocenters. The van der Waals surface area contributed by atoms with E-state index in [-0.39, 0.29) is 4.83 Å². The summed E-state index contributed by atoms with van der Waals surface area (Å²) in [4.78, 5) is 11.1. The summed E-state index contributed by atoms with van der Waals surface area (Å²) >= 11 is 5.03. The Morgan fingerprint density at radius 2 is 2.64 bits per heavy atom. The van der Waals surface area contributed by atoms with Crippen molar-refractivity contribution in [1.82, 2.24) is 0 Å². The largest absolute Gasteiger partial charge is 0.466 e. The van der Waals surface area contributed by atoms with Crippen molar-refractivity contribution in [3.05, 3.63) is 22.4 Å². The minimum absolute atomic E-state index is 0.132. The number of carbonyl (C=O) groups is 1. The Labute approximate surface area is 77.3 Å². The van der Waals surface area contributed by atoms with E-state index in [1.165, 1.54) is 4.88 Å². The van der Waals surface area contributed by atoms with Crippen LogP contribution in [0, 0.1) is 0 Å². The van der Waals surface area contributed by atoms with Crippen LogP contribution in [0.5, 0.6) is 0 Å².